The molecule has 0 radical (unpaired) electrons. The third-order valence-corrected chi connectivity index (χ3v) is 21.1. The molecule has 2 unspecified atom stereocenters. The summed E-state index contributed by atoms with van der Waals surface area (Å²) in [5.41, 5.74) is 5.99. The lowest BCUT2D eigenvalue weighted by Crippen LogP contribution is -2.63. The third-order valence-electron chi connectivity index (χ3n) is 20.1. The highest BCUT2D eigenvalue weighted by atomic mass is 31.2. The van der Waals surface area contributed by atoms with Crippen molar-refractivity contribution in [2.75, 3.05) is 54.6 Å². The highest BCUT2D eigenvalue weighted by molar-refractivity contribution is 7.47. The summed E-state index contributed by atoms with van der Waals surface area (Å²) in [7, 11) is -0.482. The predicted octanol–water partition coefficient (Wildman–Crippen LogP) is 2.85. The van der Waals surface area contributed by atoms with Crippen LogP contribution in [0.3, 0.4) is 0 Å². The Kier molecular flexibility index (Phi) is 38.5. The number of Topliss-reactive ketones (excluding diaryl/α,β-unsaturated/α-hetero) is 3. The third kappa shape index (κ3) is 29.4. The summed E-state index contributed by atoms with van der Waals surface area (Å²) >= 11 is 0. The van der Waals surface area contributed by atoms with Crippen LogP contribution in [0.4, 0.5) is 4.79 Å². The van der Waals surface area contributed by atoms with Crippen LogP contribution in [0.2, 0.25) is 0 Å². The van der Waals surface area contributed by atoms with Crippen molar-refractivity contribution in [3.63, 3.8) is 0 Å². The number of primary amides is 1. The number of esters is 2. The van der Waals surface area contributed by atoms with Gasteiger partial charge >= 0.3 is 25.8 Å². The van der Waals surface area contributed by atoms with Crippen molar-refractivity contribution < 1.29 is 114 Å². The first kappa shape index (κ1) is 97.4. The van der Waals surface area contributed by atoms with E-state index in [9.17, 15) is 71.8 Å². The number of nitrogens with one attached hydrogen (secondary N) is 6. The van der Waals surface area contributed by atoms with Crippen LogP contribution in [0.1, 0.15) is 139 Å². The van der Waals surface area contributed by atoms with Crippen molar-refractivity contribution in [2.45, 2.75) is 209 Å². The fourth-order valence-corrected chi connectivity index (χ4v) is 14.0. The summed E-state index contributed by atoms with van der Waals surface area (Å²) in [4.78, 5) is 236. The summed E-state index contributed by atoms with van der Waals surface area (Å²) in [5.74, 6) is -17.9. The van der Waals surface area contributed by atoms with Crippen LogP contribution in [0.25, 0.3) is 0 Å². The molecule has 0 bridgehead atoms. The molecule has 12 amide bonds. The van der Waals surface area contributed by atoms with Crippen LogP contribution in [0, 0.1) is 41.4 Å². The number of hydrogen-bond donors (Lipinski definition) is 8. The highest BCUT2D eigenvalue weighted by Gasteiger charge is 2.48. The monoisotopic (exact) mass is 1630 g/mol. The standard InChI is InChI=1S/C79H116N11O24P/c1-42(2)57-40-60(95)68(50(13)109-19)89(18)76(103)66(86-72(99)49(12)87(16)74(101)47(10)82-71(98)48(11)88(17)75(102)61(38-53-23-21-20-22-24-53)112-77(104)65(57)83-51(14)91)69(44(5)6)113-78(105)67(84-52(15)92)70(45(7)8)114-115(107,108)111-41-55-27-25-54(26-28-55)37-59(94)64(46(9)31-33-81-79(80)106)85-73(100)58(43(3)4)39-56(93)32-35-110-36-34-90-62(96)29-30-63(90)97/h20-30,42-47,49-50,57-58,61,64-70H,11,31-41H2,1-10,12-19H3,(H,82,98)(H,83,91)(H,84,92)(H,85,100)(H,86,99)(H,107,108)(H3,80,81,106)/t46?,47-,49-,50+,57+,58-,61+,64-,65-,66-,67-,68-,69+,70+/m0/s1. The molecule has 115 heavy (non-hydrogen) atoms. The Labute approximate surface area is 671 Å². The average molecular weight is 1630 g/mol. The average Bonchev–Trinajstić information content (AvgIpc) is 1.19. The molecular weight excluding hydrogens is 1520 g/mol. The van der Waals surface area contributed by atoms with Crippen LogP contribution in [-0.2, 0) is 124 Å². The Morgan fingerprint density at radius 1 is 0.739 bits per heavy atom. The van der Waals surface area contributed by atoms with Gasteiger partial charge in [0.15, 0.2) is 23.7 Å². The summed E-state index contributed by atoms with van der Waals surface area (Å²) in [6.45, 7) is 23.7. The van der Waals surface area contributed by atoms with Crippen molar-refractivity contribution in [1.82, 2.24) is 51.5 Å². The molecule has 1 saturated heterocycles. The number of likely N-dealkylation sites (N-methyl/N-ethyl adjacent to an activating group) is 3. The summed E-state index contributed by atoms with van der Waals surface area (Å²) in [6.07, 6.45) is -5.37. The maximum Gasteiger partial charge on any atom is 0.472 e. The van der Waals surface area contributed by atoms with Crippen molar-refractivity contribution in [2.24, 2.45) is 47.2 Å². The fourth-order valence-electron chi connectivity index (χ4n) is 13.0. The molecule has 1 fully saturated rings. The van der Waals surface area contributed by atoms with Gasteiger partial charge in [-0.1, -0.05) is 123 Å². The number of ether oxygens (including phenoxy) is 4. The Morgan fingerprint density at radius 3 is 1.90 bits per heavy atom. The molecular formula is C79H116N11O24P. The van der Waals surface area contributed by atoms with Crippen LogP contribution < -0.4 is 37.6 Å². The number of phosphoric acid groups is 1. The smallest absolute Gasteiger partial charge is 0.458 e. The van der Waals surface area contributed by atoms with E-state index in [4.69, 9.17) is 33.7 Å². The molecule has 0 aliphatic carbocycles. The van der Waals surface area contributed by atoms with Gasteiger partial charge in [0.1, 0.15) is 53.9 Å². The largest absolute Gasteiger partial charge is 0.472 e. The number of carbonyl (C=O) groups excluding carboxylic acids is 16. The van der Waals surface area contributed by atoms with E-state index in [0.717, 1.165) is 45.6 Å². The minimum atomic E-state index is -5.32. The topological polar surface area (TPSA) is 477 Å². The van der Waals surface area contributed by atoms with E-state index in [1.54, 1.807) is 65.0 Å². The second-order valence-electron chi connectivity index (χ2n) is 30.4. The van der Waals surface area contributed by atoms with Gasteiger partial charge in [0.2, 0.25) is 35.4 Å². The van der Waals surface area contributed by atoms with Gasteiger partial charge in [0.05, 0.1) is 38.5 Å². The number of imide groups is 1. The summed E-state index contributed by atoms with van der Waals surface area (Å²) < 4.78 is 48.8. The molecule has 2 aromatic rings. The van der Waals surface area contributed by atoms with Gasteiger partial charge in [-0.05, 0) is 79.4 Å². The number of rotatable bonds is 36. The van der Waals surface area contributed by atoms with Crippen molar-refractivity contribution in [1.29, 1.82) is 0 Å². The first-order chi connectivity index (χ1) is 53.7. The van der Waals surface area contributed by atoms with Gasteiger partial charge in [0, 0.05) is 98.8 Å². The number of benzene rings is 2. The van der Waals surface area contributed by atoms with Gasteiger partial charge in [-0.2, -0.15) is 0 Å². The molecule has 36 heteroatoms. The summed E-state index contributed by atoms with van der Waals surface area (Å²) in [6, 6.07) is 2.15. The number of cyclic esters (lactones) is 1. The number of ketones is 3. The minimum absolute atomic E-state index is 0.0102. The van der Waals surface area contributed by atoms with Crippen molar-refractivity contribution in [3.8, 4) is 0 Å². The van der Waals surface area contributed by atoms with E-state index in [1.807, 2.05) is 0 Å². The van der Waals surface area contributed by atoms with Crippen molar-refractivity contribution >= 4 is 102 Å². The number of carbonyl (C=O) groups is 16. The maximum absolute atomic E-state index is 15.7. The molecule has 636 valence electrons. The van der Waals surface area contributed by atoms with Crippen LogP contribution in [0.5, 0.6) is 0 Å². The van der Waals surface area contributed by atoms with Crippen LogP contribution in [0.15, 0.2) is 79.0 Å². The zero-order valence-electron chi connectivity index (χ0n) is 68.9. The molecule has 9 N–H and O–H groups in total. The number of methoxy groups -OCH3 is 1. The van der Waals surface area contributed by atoms with Gasteiger partial charge in [-0.25, -0.2) is 18.9 Å². The molecule has 0 aromatic heterocycles. The number of nitrogens with zero attached hydrogens (tertiary/aromatic N) is 4. The number of nitrogens with two attached hydrogens (primary N) is 1. The lowest BCUT2D eigenvalue weighted by atomic mass is 9.82. The molecule has 4 rings (SSSR count). The lowest BCUT2D eigenvalue weighted by molar-refractivity contribution is -0.166. The number of urea groups is 1. The fraction of sp³-hybridized carbons (Fsp3) is 0.595. The molecule has 2 aliphatic rings. The molecule has 2 aliphatic heterocycles. The minimum Gasteiger partial charge on any atom is -0.458 e. The van der Waals surface area contributed by atoms with Crippen LogP contribution in [-0.4, -0.2) is 240 Å². The molecule has 2 heterocycles. The molecule has 2 aromatic carbocycles. The van der Waals surface area contributed by atoms with E-state index in [-0.39, 0.29) is 75.7 Å². The second kappa shape index (κ2) is 45.4. The normalized spacial score (nSPS) is 21.7. The van der Waals surface area contributed by atoms with E-state index in [1.165, 1.54) is 101 Å². The van der Waals surface area contributed by atoms with E-state index < -0.39 is 217 Å². The first-order valence-corrected chi connectivity index (χ1v) is 39.6. The molecule has 0 spiro atoms. The summed E-state index contributed by atoms with van der Waals surface area (Å²) in [5, 5.41) is 15.4. The second-order valence-corrected chi connectivity index (χ2v) is 31.8. The molecule has 15 atom stereocenters. The number of hydrogen-bond acceptors (Lipinski definition) is 23. The SMILES string of the molecule is C=C1C(=O)N[C@@H](C)C(=O)N(C)[C@@H](C)C(=O)N[C@@H]([C@H](OC(=O)[C@@H](NC(C)=O)[C@H](OP(=O)(O)OCc2ccc(CC(=O)[C@@H](NC(=O)[C@@H](CC(=O)CCOCCN3C(=O)C=CC3=O)C(C)C)C(C)CCNC(N)=O)cc2)C(C)C)C(C)C)C(=O)N(C)[C@@H]([C@@H](C)OC)C(=O)C[C@H](C(C)C)[C@H](NC(C)=O)C(=O)O[C@H](Cc2ccccc2)C(=O)N1C. The lowest BCUT2D eigenvalue weighted by Gasteiger charge is -2.39. The Hall–Kier alpha value is -9.93. The molecule has 35 nitrogen and oxygen atoms in total. The van der Waals surface area contributed by atoms with Gasteiger partial charge in [-0.15, -0.1) is 0 Å². The Morgan fingerprint density at radius 2 is 1.35 bits per heavy atom. The van der Waals surface area contributed by atoms with E-state index in [0.29, 0.717) is 11.1 Å². The van der Waals surface area contributed by atoms with Crippen molar-refractivity contribution in [3.05, 3.63) is 95.7 Å². The zero-order valence-corrected chi connectivity index (χ0v) is 69.8. The number of phosphoric ester groups is 1. The quantitative estimate of drug-likeness (QED) is 0.0160. The number of amides is 12. The van der Waals surface area contributed by atoms with Gasteiger partial charge in [-0.3, -0.25) is 76.3 Å². The van der Waals surface area contributed by atoms with E-state index >= 15 is 14.4 Å². The van der Waals surface area contributed by atoms with Gasteiger partial charge < -0.3 is 76.2 Å². The van der Waals surface area contributed by atoms with E-state index in [2.05, 4.69) is 38.5 Å². The Bertz CT molecular complexity index is 3890. The first-order valence-electron chi connectivity index (χ1n) is 38.1. The highest BCUT2D eigenvalue weighted by Crippen LogP contribution is 2.47. The maximum atomic E-state index is 15.7. The van der Waals surface area contributed by atoms with Crippen LogP contribution >= 0.6 is 7.82 Å². The zero-order chi connectivity index (χ0) is 86.8. The Balaban J connectivity index is 1.68. The predicted molar refractivity (Wildman–Crippen MR) is 417 cm³/mol. The van der Waals surface area contributed by atoms with Gasteiger partial charge in [0.25, 0.3) is 23.6 Å². The molecule has 0 saturated carbocycles.